The number of rotatable bonds is 6. The quantitative estimate of drug-likeness (QED) is 0.511. The third-order valence-corrected chi connectivity index (χ3v) is 3.98. The predicted molar refractivity (Wildman–Crippen MR) is 98.0 cm³/mol. The highest BCUT2D eigenvalue weighted by Crippen LogP contribution is 2.16. The van der Waals surface area contributed by atoms with Crippen molar-refractivity contribution in [2.24, 2.45) is 5.10 Å². The Morgan fingerprint density at radius 1 is 1.08 bits per heavy atom. The smallest absolute Gasteiger partial charge is 0.257 e. The van der Waals surface area contributed by atoms with Gasteiger partial charge in [-0.05, 0) is 29.8 Å². The zero-order valence-corrected chi connectivity index (χ0v) is 14.3. The van der Waals surface area contributed by atoms with E-state index in [0.717, 1.165) is 16.9 Å². The highest BCUT2D eigenvalue weighted by Gasteiger charge is 2.12. The van der Waals surface area contributed by atoms with Gasteiger partial charge in [-0.15, -0.1) is 10.2 Å². The predicted octanol–water partition coefficient (Wildman–Crippen LogP) is 1.88. The van der Waals surface area contributed by atoms with Crippen LogP contribution in [-0.4, -0.2) is 33.2 Å². The van der Waals surface area contributed by atoms with Crippen molar-refractivity contribution < 1.29 is 9.59 Å². The van der Waals surface area contributed by atoms with Crippen LogP contribution in [0.5, 0.6) is 0 Å². The maximum atomic E-state index is 12.0. The van der Waals surface area contributed by atoms with E-state index in [0.29, 0.717) is 15.7 Å². The molecule has 9 heteroatoms. The highest BCUT2D eigenvalue weighted by molar-refractivity contribution is 7.15. The van der Waals surface area contributed by atoms with E-state index < -0.39 is 0 Å². The Hall–Kier alpha value is -3.46. The summed E-state index contributed by atoms with van der Waals surface area (Å²) in [5.74, 6) is -0.605. The van der Waals surface area contributed by atoms with Crippen molar-refractivity contribution in [2.75, 3.05) is 5.32 Å². The summed E-state index contributed by atoms with van der Waals surface area (Å²) in [6, 6.07) is 12.3. The lowest BCUT2D eigenvalue weighted by Gasteiger charge is -1.99. The molecule has 0 saturated carbocycles. The Kier molecular flexibility index (Phi) is 5.73. The number of nitrogens with one attached hydrogen (secondary N) is 2. The summed E-state index contributed by atoms with van der Waals surface area (Å²) >= 11 is 1.14. The van der Waals surface area contributed by atoms with Crippen molar-refractivity contribution in [3.05, 3.63) is 71.0 Å². The number of amides is 2. The molecule has 8 nitrogen and oxygen atoms in total. The van der Waals surface area contributed by atoms with Gasteiger partial charge in [0.1, 0.15) is 5.01 Å². The van der Waals surface area contributed by atoms with Gasteiger partial charge < -0.3 is 0 Å². The van der Waals surface area contributed by atoms with Gasteiger partial charge in [0, 0.05) is 18.0 Å². The van der Waals surface area contributed by atoms with Crippen LogP contribution in [0.15, 0.2) is 60.0 Å². The van der Waals surface area contributed by atoms with Crippen molar-refractivity contribution >= 4 is 34.5 Å². The molecule has 0 spiro atoms. The van der Waals surface area contributed by atoms with E-state index in [2.05, 4.69) is 31.0 Å². The fourth-order valence-electron chi connectivity index (χ4n) is 1.94. The lowest BCUT2D eigenvalue weighted by molar-refractivity contribution is -0.120. The standard InChI is InChI=1S/C17H14N6O2S/c24-14(21-19-11-12-6-8-18-9-7-12)10-15-22-23-17(26-15)20-16(25)13-4-2-1-3-5-13/h1-9,11H,10H2,(H,21,24)(H,20,23,25)/b19-11+. The molecule has 1 aromatic carbocycles. The number of carbonyl (C=O) groups excluding carboxylic acids is 2. The van der Waals surface area contributed by atoms with Gasteiger partial charge in [-0.2, -0.15) is 5.10 Å². The van der Waals surface area contributed by atoms with Gasteiger partial charge >= 0.3 is 0 Å². The summed E-state index contributed by atoms with van der Waals surface area (Å²) in [7, 11) is 0. The van der Waals surface area contributed by atoms with Crippen LogP contribution in [0, 0.1) is 0 Å². The first-order valence-electron chi connectivity index (χ1n) is 7.61. The van der Waals surface area contributed by atoms with Crippen molar-refractivity contribution in [1.82, 2.24) is 20.6 Å². The topological polar surface area (TPSA) is 109 Å². The molecule has 0 unspecified atom stereocenters. The zero-order chi connectivity index (χ0) is 18.2. The Morgan fingerprint density at radius 3 is 2.62 bits per heavy atom. The van der Waals surface area contributed by atoms with Crippen LogP contribution in [-0.2, 0) is 11.2 Å². The first-order valence-corrected chi connectivity index (χ1v) is 8.43. The summed E-state index contributed by atoms with van der Waals surface area (Å²) in [6.07, 6.45) is 4.81. The minimum atomic E-state index is -0.326. The van der Waals surface area contributed by atoms with Gasteiger partial charge in [0.05, 0.1) is 12.6 Å². The molecule has 2 aromatic heterocycles. The number of pyridine rings is 1. The fraction of sp³-hybridized carbons (Fsp3) is 0.0588. The Balaban J connectivity index is 1.51. The molecule has 0 bridgehead atoms. The van der Waals surface area contributed by atoms with Crippen LogP contribution >= 0.6 is 11.3 Å². The largest absolute Gasteiger partial charge is 0.296 e. The molecule has 3 rings (SSSR count). The fourth-order valence-corrected chi connectivity index (χ4v) is 2.67. The molecule has 0 aliphatic heterocycles. The molecule has 26 heavy (non-hydrogen) atoms. The third-order valence-electron chi connectivity index (χ3n) is 3.14. The first-order chi connectivity index (χ1) is 12.7. The number of aromatic nitrogens is 3. The average Bonchev–Trinajstić information content (AvgIpc) is 3.10. The van der Waals surface area contributed by atoms with Gasteiger partial charge in [0.25, 0.3) is 5.91 Å². The molecular formula is C17H14N6O2S. The summed E-state index contributed by atoms with van der Waals surface area (Å²) < 4.78 is 0. The minimum Gasteiger partial charge on any atom is -0.296 e. The van der Waals surface area contributed by atoms with E-state index in [1.54, 1.807) is 48.8 Å². The molecule has 2 heterocycles. The van der Waals surface area contributed by atoms with Gasteiger partial charge in [-0.3, -0.25) is 19.9 Å². The number of carbonyl (C=O) groups is 2. The van der Waals surface area contributed by atoms with Crippen LogP contribution < -0.4 is 10.7 Å². The lowest BCUT2D eigenvalue weighted by Crippen LogP contribution is -2.19. The average molecular weight is 366 g/mol. The second kappa shape index (κ2) is 8.58. The van der Waals surface area contributed by atoms with Gasteiger partial charge in [0.2, 0.25) is 11.0 Å². The summed E-state index contributed by atoms with van der Waals surface area (Å²) in [5, 5.41) is 15.1. The van der Waals surface area contributed by atoms with Crippen molar-refractivity contribution in [3.8, 4) is 0 Å². The van der Waals surface area contributed by atoms with Crippen LogP contribution in [0.1, 0.15) is 20.9 Å². The molecule has 0 fully saturated rings. The molecule has 0 radical (unpaired) electrons. The van der Waals surface area contributed by atoms with E-state index in [4.69, 9.17) is 0 Å². The van der Waals surface area contributed by atoms with Crippen molar-refractivity contribution in [1.29, 1.82) is 0 Å². The van der Waals surface area contributed by atoms with Crippen LogP contribution in [0.4, 0.5) is 5.13 Å². The zero-order valence-electron chi connectivity index (χ0n) is 13.5. The molecule has 130 valence electrons. The molecule has 2 amide bonds. The monoisotopic (exact) mass is 366 g/mol. The minimum absolute atomic E-state index is 0.0204. The maximum Gasteiger partial charge on any atom is 0.257 e. The molecule has 0 aliphatic rings. The molecule has 0 atom stereocenters. The van der Waals surface area contributed by atoms with E-state index in [9.17, 15) is 9.59 Å². The Labute approximate surface area is 153 Å². The molecular weight excluding hydrogens is 352 g/mol. The van der Waals surface area contributed by atoms with Gasteiger partial charge in [0.15, 0.2) is 0 Å². The number of hydrogen-bond donors (Lipinski definition) is 2. The normalized spacial score (nSPS) is 10.6. The van der Waals surface area contributed by atoms with E-state index in [1.807, 2.05) is 6.07 Å². The number of benzene rings is 1. The molecule has 3 aromatic rings. The summed E-state index contributed by atoms with van der Waals surface area (Å²) in [5.41, 5.74) is 3.76. The van der Waals surface area contributed by atoms with Crippen molar-refractivity contribution in [3.63, 3.8) is 0 Å². The Bertz CT molecular complexity index is 911. The van der Waals surface area contributed by atoms with E-state index >= 15 is 0 Å². The number of nitrogens with zero attached hydrogens (tertiary/aromatic N) is 4. The van der Waals surface area contributed by atoms with Crippen LogP contribution in [0.3, 0.4) is 0 Å². The SMILES string of the molecule is O=C(Cc1nnc(NC(=O)c2ccccc2)s1)N/N=C/c1ccncc1. The Morgan fingerprint density at radius 2 is 1.85 bits per heavy atom. The van der Waals surface area contributed by atoms with E-state index in [-0.39, 0.29) is 18.2 Å². The number of anilines is 1. The summed E-state index contributed by atoms with van der Waals surface area (Å²) in [6.45, 7) is 0. The van der Waals surface area contributed by atoms with Crippen molar-refractivity contribution in [2.45, 2.75) is 6.42 Å². The molecule has 0 saturated heterocycles. The highest BCUT2D eigenvalue weighted by atomic mass is 32.1. The third kappa shape index (κ3) is 5.02. The summed E-state index contributed by atoms with van der Waals surface area (Å²) in [4.78, 5) is 27.8. The number of hydrogen-bond acceptors (Lipinski definition) is 7. The first kappa shape index (κ1) is 17.4. The molecule has 2 N–H and O–H groups in total. The second-order valence-electron chi connectivity index (χ2n) is 5.07. The molecule has 0 aliphatic carbocycles. The van der Waals surface area contributed by atoms with E-state index in [1.165, 1.54) is 6.21 Å². The second-order valence-corrected chi connectivity index (χ2v) is 6.13. The van der Waals surface area contributed by atoms with Gasteiger partial charge in [-0.1, -0.05) is 29.5 Å². The lowest BCUT2D eigenvalue weighted by atomic mass is 10.2. The maximum absolute atomic E-state index is 12.0. The number of hydrazone groups is 1. The van der Waals surface area contributed by atoms with Crippen LogP contribution in [0.2, 0.25) is 0 Å². The van der Waals surface area contributed by atoms with Crippen LogP contribution in [0.25, 0.3) is 0 Å². The van der Waals surface area contributed by atoms with Gasteiger partial charge in [-0.25, -0.2) is 5.43 Å².